The molecule has 1 rings (SSSR count). The Balaban J connectivity index is 3.28. The fourth-order valence-corrected chi connectivity index (χ4v) is 1.69. The Hall–Kier alpha value is -0.510. The maximum Gasteiger partial charge on any atom is 0.265 e. The van der Waals surface area contributed by atoms with Crippen molar-refractivity contribution in [1.82, 2.24) is 0 Å². The lowest BCUT2D eigenvalue weighted by atomic mass is 10.1. The van der Waals surface area contributed by atoms with E-state index < -0.39 is 12.2 Å². The van der Waals surface area contributed by atoms with E-state index in [1.54, 1.807) is 0 Å². The molecule has 0 unspecified atom stereocenters. The lowest BCUT2D eigenvalue weighted by Crippen LogP contribution is -1.92. The van der Waals surface area contributed by atoms with Crippen molar-refractivity contribution in [3.8, 4) is 0 Å². The van der Waals surface area contributed by atoms with Crippen LogP contribution in [-0.2, 0) is 0 Å². The third kappa shape index (κ3) is 1.80. The molecule has 0 nitrogen and oxygen atoms in total. The summed E-state index contributed by atoms with van der Waals surface area (Å²) in [4.78, 5) is 0. The zero-order chi connectivity index (χ0) is 9.30. The Morgan fingerprint density at radius 2 is 1.92 bits per heavy atom. The first-order chi connectivity index (χ1) is 5.52. The topological polar surface area (TPSA) is 0 Å². The zero-order valence-corrected chi connectivity index (χ0v) is 7.83. The van der Waals surface area contributed by atoms with Gasteiger partial charge in [-0.05, 0) is 24.6 Å². The normalized spacial score (nSPS) is 10.8. The molecular formula is C8H6BrF3. The third-order valence-corrected chi connectivity index (χ3v) is 2.18. The second kappa shape index (κ2) is 3.47. The van der Waals surface area contributed by atoms with E-state index >= 15 is 0 Å². The molecule has 0 aliphatic carbocycles. The van der Waals surface area contributed by atoms with Crippen molar-refractivity contribution in [3.63, 3.8) is 0 Å². The summed E-state index contributed by atoms with van der Waals surface area (Å²) < 4.78 is 37.3. The monoisotopic (exact) mass is 238 g/mol. The molecule has 0 aliphatic heterocycles. The molecule has 0 aromatic heterocycles. The molecule has 0 bridgehead atoms. The largest absolute Gasteiger partial charge is 0.265 e. The highest BCUT2D eigenvalue weighted by molar-refractivity contribution is 9.10. The highest BCUT2D eigenvalue weighted by atomic mass is 79.9. The number of benzene rings is 1. The molecule has 4 heteroatoms. The van der Waals surface area contributed by atoms with E-state index in [9.17, 15) is 13.2 Å². The van der Waals surface area contributed by atoms with E-state index in [4.69, 9.17) is 0 Å². The van der Waals surface area contributed by atoms with E-state index in [1.165, 1.54) is 6.92 Å². The molecule has 0 amide bonds. The van der Waals surface area contributed by atoms with Crippen LogP contribution in [0.4, 0.5) is 13.2 Å². The lowest BCUT2D eigenvalue weighted by molar-refractivity contribution is 0.149. The Morgan fingerprint density at radius 3 is 2.33 bits per heavy atom. The number of hydrogen-bond donors (Lipinski definition) is 0. The van der Waals surface area contributed by atoms with Gasteiger partial charge in [0.25, 0.3) is 6.43 Å². The number of hydrogen-bond acceptors (Lipinski definition) is 0. The van der Waals surface area contributed by atoms with E-state index in [0.717, 1.165) is 12.1 Å². The minimum Gasteiger partial charge on any atom is -0.207 e. The van der Waals surface area contributed by atoms with Gasteiger partial charge in [-0.25, -0.2) is 13.2 Å². The van der Waals surface area contributed by atoms with Crippen molar-refractivity contribution in [3.05, 3.63) is 33.5 Å². The molecule has 0 fully saturated rings. The van der Waals surface area contributed by atoms with Crippen molar-refractivity contribution in [1.29, 1.82) is 0 Å². The Morgan fingerprint density at radius 1 is 1.33 bits per heavy atom. The van der Waals surface area contributed by atoms with Gasteiger partial charge in [-0.1, -0.05) is 15.9 Å². The Bertz CT molecular complexity index is 273. The van der Waals surface area contributed by atoms with Crippen LogP contribution in [0.2, 0.25) is 0 Å². The van der Waals surface area contributed by atoms with E-state index in [1.807, 2.05) is 0 Å². The van der Waals surface area contributed by atoms with E-state index in [0.29, 0.717) is 0 Å². The Labute approximate surface area is 76.5 Å². The van der Waals surface area contributed by atoms with Crippen LogP contribution in [0.15, 0.2) is 16.6 Å². The fourth-order valence-electron chi connectivity index (χ4n) is 0.990. The summed E-state index contributed by atoms with van der Waals surface area (Å²) in [5.74, 6) is -0.510. The van der Waals surface area contributed by atoms with Gasteiger partial charge in [-0.2, -0.15) is 0 Å². The zero-order valence-electron chi connectivity index (χ0n) is 6.24. The van der Waals surface area contributed by atoms with E-state index in [2.05, 4.69) is 15.9 Å². The molecule has 0 spiro atoms. The molecule has 12 heavy (non-hydrogen) atoms. The molecule has 66 valence electrons. The number of rotatable bonds is 1. The summed E-state index contributed by atoms with van der Waals surface area (Å²) in [6.07, 6.45) is -2.57. The van der Waals surface area contributed by atoms with Gasteiger partial charge in [0.15, 0.2) is 0 Å². The molecule has 0 atom stereocenters. The van der Waals surface area contributed by atoms with Crippen LogP contribution in [0.25, 0.3) is 0 Å². The van der Waals surface area contributed by atoms with Gasteiger partial charge in [-0.3, -0.25) is 0 Å². The molecule has 0 saturated carbocycles. The van der Waals surface area contributed by atoms with Gasteiger partial charge in [0.05, 0.1) is 0 Å². The average Bonchev–Trinajstić information content (AvgIpc) is 1.82. The minimum atomic E-state index is -2.57. The van der Waals surface area contributed by atoms with Gasteiger partial charge >= 0.3 is 0 Å². The summed E-state index contributed by atoms with van der Waals surface area (Å²) >= 11 is 2.88. The Kier molecular flexibility index (Phi) is 2.77. The molecule has 1 aromatic rings. The van der Waals surface area contributed by atoms with Gasteiger partial charge in [-0.15, -0.1) is 0 Å². The number of alkyl halides is 2. The maximum absolute atomic E-state index is 12.6. The van der Waals surface area contributed by atoms with Crippen molar-refractivity contribution >= 4 is 15.9 Å². The molecule has 0 saturated heterocycles. The summed E-state index contributed by atoms with van der Waals surface area (Å²) in [7, 11) is 0. The van der Waals surface area contributed by atoms with Gasteiger partial charge in [0, 0.05) is 10.0 Å². The van der Waals surface area contributed by atoms with Crippen molar-refractivity contribution in [2.45, 2.75) is 13.3 Å². The quantitative estimate of drug-likeness (QED) is 0.698. The molecule has 0 N–H and O–H groups in total. The maximum atomic E-state index is 12.6. The standard InChI is InChI=1S/C8H6BrF3/c1-4-2-5(10)3-6(9)7(4)8(11)12/h2-3,8H,1H3. The first-order valence-corrected chi connectivity index (χ1v) is 4.05. The second-order valence-corrected chi connectivity index (χ2v) is 3.27. The third-order valence-electron chi connectivity index (χ3n) is 1.52. The fraction of sp³-hybridized carbons (Fsp3) is 0.250. The first-order valence-electron chi connectivity index (χ1n) is 3.26. The highest BCUT2D eigenvalue weighted by Crippen LogP contribution is 2.30. The lowest BCUT2D eigenvalue weighted by Gasteiger charge is -2.06. The molecule has 0 heterocycles. The van der Waals surface area contributed by atoms with Crippen LogP contribution in [0.3, 0.4) is 0 Å². The molecule has 0 aliphatic rings. The average molecular weight is 239 g/mol. The molecule has 1 aromatic carbocycles. The van der Waals surface area contributed by atoms with Crippen LogP contribution in [0, 0.1) is 12.7 Å². The van der Waals surface area contributed by atoms with Crippen LogP contribution >= 0.6 is 15.9 Å². The van der Waals surface area contributed by atoms with Gasteiger partial charge < -0.3 is 0 Å². The van der Waals surface area contributed by atoms with E-state index in [-0.39, 0.29) is 15.6 Å². The minimum absolute atomic E-state index is 0.120. The highest BCUT2D eigenvalue weighted by Gasteiger charge is 2.15. The smallest absolute Gasteiger partial charge is 0.207 e. The summed E-state index contributed by atoms with van der Waals surface area (Å²) in [5, 5.41) is 0. The SMILES string of the molecule is Cc1cc(F)cc(Br)c1C(F)F. The van der Waals surface area contributed by atoms with Crippen molar-refractivity contribution in [2.75, 3.05) is 0 Å². The van der Waals surface area contributed by atoms with Crippen molar-refractivity contribution < 1.29 is 13.2 Å². The summed E-state index contributed by atoms with van der Waals surface area (Å²) in [6, 6.07) is 2.13. The first kappa shape index (κ1) is 9.58. The number of halogens is 4. The number of aryl methyl sites for hydroxylation is 1. The van der Waals surface area contributed by atoms with Crippen LogP contribution in [0.5, 0.6) is 0 Å². The summed E-state index contributed by atoms with van der Waals surface area (Å²) in [6.45, 7) is 1.45. The van der Waals surface area contributed by atoms with Crippen LogP contribution < -0.4 is 0 Å². The van der Waals surface area contributed by atoms with Crippen molar-refractivity contribution in [2.24, 2.45) is 0 Å². The second-order valence-electron chi connectivity index (χ2n) is 2.42. The molecular weight excluding hydrogens is 233 g/mol. The van der Waals surface area contributed by atoms with Crippen LogP contribution in [-0.4, -0.2) is 0 Å². The predicted molar refractivity (Wildman–Crippen MR) is 43.8 cm³/mol. The van der Waals surface area contributed by atoms with Gasteiger partial charge in [0.1, 0.15) is 5.82 Å². The summed E-state index contributed by atoms with van der Waals surface area (Å²) in [5.41, 5.74) is 0.119. The molecule has 0 radical (unpaired) electrons. The van der Waals surface area contributed by atoms with Crippen LogP contribution in [0.1, 0.15) is 17.6 Å². The predicted octanol–water partition coefficient (Wildman–Crippen LogP) is 3.83. The van der Waals surface area contributed by atoms with Gasteiger partial charge in [0.2, 0.25) is 0 Å².